The quantitative estimate of drug-likeness (QED) is 0.323. The summed E-state index contributed by atoms with van der Waals surface area (Å²) >= 11 is 2.72. The topological polar surface area (TPSA) is 103 Å². The van der Waals surface area contributed by atoms with Crippen LogP contribution in [0, 0.1) is 10.8 Å². The molecule has 0 fully saturated rings. The van der Waals surface area contributed by atoms with Gasteiger partial charge < -0.3 is 16.4 Å². The highest BCUT2D eigenvalue weighted by atomic mass is 79.9. The molecule has 0 amide bonds. The van der Waals surface area contributed by atoms with Crippen LogP contribution >= 0.6 is 74.5 Å². The first-order chi connectivity index (χ1) is 7.06. The average molecular weight is 492 g/mol. The van der Waals surface area contributed by atoms with E-state index in [1.54, 1.807) is 0 Å². The van der Waals surface area contributed by atoms with Crippen LogP contribution < -0.4 is 11.5 Å². The molecule has 0 aliphatic heterocycles. The Kier molecular flexibility index (Phi) is 27.5. The normalized spacial score (nSPS) is 8.78. The van der Waals surface area contributed by atoms with Crippen molar-refractivity contribution in [1.29, 1.82) is 10.8 Å². The fourth-order valence-corrected chi connectivity index (χ4v) is 2.14. The number of thioether (sulfide) groups is 2. The predicted molar refractivity (Wildman–Crippen MR) is 102 cm³/mol. The lowest BCUT2D eigenvalue weighted by molar-refractivity contribution is 0.327. The highest BCUT2D eigenvalue weighted by Gasteiger charge is 2.03. The largest absolute Gasteiger partial charge is 0.379 e. The number of hydrogen-bond acceptors (Lipinski definition) is 5. The number of amidine groups is 2. The molecule has 0 atom stereocenters. The molecular formula is C8H22Br3N5S2. The molecule has 5 nitrogen and oxygen atoms in total. The second-order valence-corrected chi connectivity index (χ2v) is 5.13. The summed E-state index contributed by atoms with van der Waals surface area (Å²) in [4.78, 5) is 2.26. The summed E-state index contributed by atoms with van der Waals surface area (Å²) in [5.74, 6) is 1.68. The van der Waals surface area contributed by atoms with Crippen molar-refractivity contribution in [2.45, 2.75) is 6.92 Å². The first-order valence-corrected chi connectivity index (χ1v) is 6.69. The minimum Gasteiger partial charge on any atom is -0.379 e. The van der Waals surface area contributed by atoms with E-state index >= 15 is 0 Å². The van der Waals surface area contributed by atoms with Gasteiger partial charge in [-0.15, -0.1) is 50.9 Å². The Morgan fingerprint density at radius 1 is 0.944 bits per heavy atom. The van der Waals surface area contributed by atoms with Crippen molar-refractivity contribution in [3.63, 3.8) is 0 Å². The van der Waals surface area contributed by atoms with Crippen LogP contribution in [-0.4, -0.2) is 46.4 Å². The van der Waals surface area contributed by atoms with Gasteiger partial charge in [0, 0.05) is 24.6 Å². The van der Waals surface area contributed by atoms with E-state index in [4.69, 9.17) is 22.3 Å². The molecule has 0 aliphatic rings. The molecule has 0 rings (SSSR count). The molecule has 18 heavy (non-hydrogen) atoms. The van der Waals surface area contributed by atoms with Crippen molar-refractivity contribution in [3.05, 3.63) is 0 Å². The molecule has 0 bridgehead atoms. The van der Waals surface area contributed by atoms with Crippen LogP contribution in [0.3, 0.4) is 0 Å². The van der Waals surface area contributed by atoms with Gasteiger partial charge in [0.25, 0.3) is 0 Å². The van der Waals surface area contributed by atoms with E-state index in [1.165, 1.54) is 23.5 Å². The van der Waals surface area contributed by atoms with Crippen molar-refractivity contribution in [1.82, 2.24) is 4.90 Å². The number of hydrogen-bond donors (Lipinski definition) is 4. The summed E-state index contributed by atoms with van der Waals surface area (Å²) in [6, 6.07) is 0. The van der Waals surface area contributed by atoms with Crippen LogP contribution in [0.5, 0.6) is 0 Å². The van der Waals surface area contributed by atoms with E-state index in [-0.39, 0.29) is 61.3 Å². The minimum atomic E-state index is 0. The molecule has 0 saturated carbocycles. The first-order valence-electron chi connectivity index (χ1n) is 4.72. The summed E-state index contributed by atoms with van der Waals surface area (Å²) in [5.41, 5.74) is 10.5. The van der Waals surface area contributed by atoms with Gasteiger partial charge in [-0.05, 0) is 6.54 Å². The molecular weight excluding hydrogens is 470 g/mol. The molecule has 0 unspecified atom stereocenters. The molecule has 0 aromatic heterocycles. The molecule has 0 radical (unpaired) electrons. The average Bonchev–Trinajstić information content (AvgIpc) is 2.14. The third kappa shape index (κ3) is 19.4. The smallest absolute Gasteiger partial charge is 0.151 e. The third-order valence-corrected chi connectivity index (χ3v) is 3.17. The Hall–Kier alpha value is 1.04. The summed E-state index contributed by atoms with van der Waals surface area (Å²) < 4.78 is 0. The van der Waals surface area contributed by atoms with Gasteiger partial charge in [0.15, 0.2) is 10.3 Å². The Balaban J connectivity index is -0.000000327. The zero-order valence-corrected chi connectivity index (χ0v) is 17.0. The molecule has 0 heterocycles. The summed E-state index contributed by atoms with van der Waals surface area (Å²) in [5, 5.41) is 14.5. The van der Waals surface area contributed by atoms with Crippen molar-refractivity contribution in [2.24, 2.45) is 11.5 Å². The SMILES string of the molecule is Br.Br.Br.CCN(CCSC(=N)N)CCSC(=N)N. The van der Waals surface area contributed by atoms with Gasteiger partial charge in [0.1, 0.15) is 0 Å². The summed E-state index contributed by atoms with van der Waals surface area (Å²) in [6.07, 6.45) is 0. The van der Waals surface area contributed by atoms with E-state index in [2.05, 4.69) is 11.8 Å². The second kappa shape index (κ2) is 18.0. The van der Waals surface area contributed by atoms with Crippen molar-refractivity contribution >= 4 is 84.8 Å². The summed E-state index contributed by atoms with van der Waals surface area (Å²) in [7, 11) is 0. The molecule has 6 N–H and O–H groups in total. The number of nitrogens with one attached hydrogen (secondary N) is 2. The highest BCUT2D eigenvalue weighted by Crippen LogP contribution is 2.02. The van der Waals surface area contributed by atoms with Crippen LogP contribution in [0.2, 0.25) is 0 Å². The zero-order chi connectivity index (χ0) is 11.7. The Labute approximate surface area is 149 Å². The van der Waals surface area contributed by atoms with Gasteiger partial charge in [-0.2, -0.15) is 0 Å². The number of rotatable bonds is 7. The van der Waals surface area contributed by atoms with Crippen LogP contribution in [0.4, 0.5) is 0 Å². The highest BCUT2D eigenvalue weighted by molar-refractivity contribution is 8.93. The van der Waals surface area contributed by atoms with Crippen molar-refractivity contribution in [3.8, 4) is 0 Å². The summed E-state index contributed by atoms with van der Waals surface area (Å²) in [6.45, 7) is 4.90. The van der Waals surface area contributed by atoms with E-state index in [1.807, 2.05) is 0 Å². The maximum Gasteiger partial charge on any atom is 0.151 e. The van der Waals surface area contributed by atoms with Crippen LogP contribution in [0.15, 0.2) is 0 Å². The van der Waals surface area contributed by atoms with Crippen LogP contribution in [0.25, 0.3) is 0 Å². The van der Waals surface area contributed by atoms with Crippen LogP contribution in [0.1, 0.15) is 6.92 Å². The van der Waals surface area contributed by atoms with E-state index < -0.39 is 0 Å². The zero-order valence-electron chi connectivity index (χ0n) is 10.2. The van der Waals surface area contributed by atoms with E-state index in [0.717, 1.165) is 31.1 Å². The Morgan fingerprint density at radius 2 is 1.28 bits per heavy atom. The van der Waals surface area contributed by atoms with E-state index in [9.17, 15) is 0 Å². The van der Waals surface area contributed by atoms with Gasteiger partial charge in [0.05, 0.1) is 0 Å². The van der Waals surface area contributed by atoms with Crippen LogP contribution in [-0.2, 0) is 0 Å². The fourth-order valence-electron chi connectivity index (χ4n) is 0.997. The van der Waals surface area contributed by atoms with Gasteiger partial charge in [0.2, 0.25) is 0 Å². The fraction of sp³-hybridized carbons (Fsp3) is 0.750. The Morgan fingerprint density at radius 3 is 1.50 bits per heavy atom. The molecule has 0 aromatic carbocycles. The van der Waals surface area contributed by atoms with Crippen molar-refractivity contribution in [2.75, 3.05) is 31.1 Å². The van der Waals surface area contributed by atoms with Gasteiger partial charge in [-0.1, -0.05) is 30.4 Å². The lowest BCUT2D eigenvalue weighted by atomic mass is 10.5. The minimum absolute atomic E-state index is 0. The predicted octanol–water partition coefficient (Wildman–Crippen LogP) is 2.30. The third-order valence-electron chi connectivity index (χ3n) is 1.78. The van der Waals surface area contributed by atoms with E-state index in [0.29, 0.717) is 0 Å². The monoisotopic (exact) mass is 489 g/mol. The molecule has 0 aliphatic carbocycles. The number of halogens is 3. The van der Waals surface area contributed by atoms with Gasteiger partial charge >= 0.3 is 0 Å². The van der Waals surface area contributed by atoms with Crippen molar-refractivity contribution < 1.29 is 0 Å². The number of nitrogens with two attached hydrogens (primary N) is 2. The lowest BCUT2D eigenvalue weighted by Crippen LogP contribution is -2.29. The lowest BCUT2D eigenvalue weighted by Gasteiger charge is -2.19. The second-order valence-electron chi connectivity index (χ2n) is 2.86. The Bertz CT molecular complexity index is 201. The molecule has 0 aromatic rings. The molecule has 0 saturated heterocycles. The maximum absolute atomic E-state index is 7.06. The van der Waals surface area contributed by atoms with Gasteiger partial charge in [-0.25, -0.2) is 0 Å². The maximum atomic E-state index is 7.06. The molecule has 10 heteroatoms. The molecule has 112 valence electrons. The number of nitrogens with zero attached hydrogens (tertiary/aromatic N) is 1. The first kappa shape index (κ1) is 27.4. The standard InChI is InChI=1S/C8H19N5S2.3BrH/c1-2-13(3-5-14-7(9)10)4-6-15-8(11)12;;;/h2-6H2,1H3,(H3,9,10)(H3,11,12);3*1H. The molecule has 0 spiro atoms. The van der Waals surface area contributed by atoms with Gasteiger partial charge in [-0.3, -0.25) is 10.8 Å².